The minimum absolute atomic E-state index is 0.661. The number of halogens is 1. The molecule has 1 aromatic heterocycles. The van der Waals surface area contributed by atoms with Crippen LogP contribution in [-0.4, -0.2) is 14.5 Å². The molecule has 0 saturated carbocycles. The van der Waals surface area contributed by atoms with Gasteiger partial charge < -0.3 is 0 Å². The molecule has 0 aliphatic carbocycles. The van der Waals surface area contributed by atoms with Gasteiger partial charge in [0.2, 0.25) is 0 Å². The van der Waals surface area contributed by atoms with Crippen molar-refractivity contribution in [2.24, 2.45) is 0 Å². The molecule has 0 spiro atoms. The van der Waals surface area contributed by atoms with Crippen LogP contribution in [0.3, 0.4) is 0 Å². The summed E-state index contributed by atoms with van der Waals surface area (Å²) in [4.78, 5) is 4.38. The van der Waals surface area contributed by atoms with E-state index in [1.54, 1.807) is 0 Å². The minimum atomic E-state index is -4.94. The van der Waals surface area contributed by atoms with Crippen LogP contribution in [0.4, 0.5) is 0 Å². The van der Waals surface area contributed by atoms with Gasteiger partial charge in [0.25, 0.3) is 0 Å². The second kappa shape index (κ2) is 5.62. The Balaban J connectivity index is 0.000000187. The van der Waals surface area contributed by atoms with Gasteiger partial charge in [-0.3, -0.25) is 0 Å². The zero-order chi connectivity index (χ0) is 8.74. The molecule has 0 atom stereocenters. The van der Waals surface area contributed by atoms with E-state index in [9.17, 15) is 0 Å². The van der Waals surface area contributed by atoms with E-state index in [1.165, 1.54) is 0 Å². The first kappa shape index (κ1) is 11.0. The maximum absolute atomic E-state index is 8.49. The van der Waals surface area contributed by atoms with E-state index in [0.717, 1.165) is 0 Å². The first-order valence-corrected chi connectivity index (χ1v) is 5.63. The van der Waals surface area contributed by atoms with Gasteiger partial charge in [0.1, 0.15) is 0 Å². The van der Waals surface area contributed by atoms with Gasteiger partial charge in [0.15, 0.2) is 0 Å². The average Bonchev–Trinajstić information content (AvgIpc) is 1.88. The Morgan fingerprint density at radius 2 is 1.18 bits per heavy atom. The Labute approximate surface area is 71.8 Å². The third-order valence-corrected chi connectivity index (χ3v) is 1.86. The quantitative estimate of drug-likeness (QED) is 0.438. The fraction of sp³-hybridized carbons (Fsp3) is 0. The van der Waals surface area contributed by atoms with Crippen molar-refractivity contribution in [1.29, 1.82) is 0 Å². The molecule has 0 aromatic carbocycles. The van der Waals surface area contributed by atoms with E-state index in [0.29, 0.717) is 14.5 Å². The Hall–Kier alpha value is -0.000519. The summed E-state index contributed by atoms with van der Waals surface area (Å²) in [6.07, 6.45) is 0. The van der Waals surface area contributed by atoms with Crippen LogP contribution >= 0.6 is 0 Å². The van der Waals surface area contributed by atoms with Crippen molar-refractivity contribution in [3.05, 3.63) is 28.1 Å². The van der Waals surface area contributed by atoms with Gasteiger partial charge >= 0.3 is 42.6 Å². The topological polar surface area (TPSA) is 92.2 Å². The van der Waals surface area contributed by atoms with Gasteiger partial charge in [-0.15, -0.1) is 10.2 Å². The molecule has 0 aliphatic heterocycles. The first-order chi connectivity index (χ1) is 5.00. The molecule has 62 valence electrons. The van der Waals surface area contributed by atoms with Crippen LogP contribution in [0, 0.1) is 10.2 Å². The SMILES string of the molecule is [O-][Cl+3]([O-])([O-])[O-].c1cc[se+]cc1. The van der Waals surface area contributed by atoms with Gasteiger partial charge in [-0.25, -0.2) is 18.6 Å². The summed E-state index contributed by atoms with van der Waals surface area (Å²) in [5.74, 6) is 0. The number of rotatable bonds is 0. The molecular formula is C5H5ClO4Se. The number of hydrogen-bond acceptors (Lipinski definition) is 4. The molecule has 1 rings (SSSR count). The number of hydrogen-bond donors (Lipinski definition) is 0. The third-order valence-electron chi connectivity index (χ3n) is 0.536. The molecule has 0 bridgehead atoms. The average molecular weight is 244 g/mol. The molecule has 0 saturated heterocycles. The standard InChI is InChI=1S/C5H5Se.ClHO4/c1-2-4-6-5-3-1;2-1(3,4)5/h1-5H;(H,2,3,4,5)/q+1;/p-1. The third kappa shape index (κ3) is 17.8. The van der Waals surface area contributed by atoms with Gasteiger partial charge in [0.05, 0.1) is 0 Å². The zero-order valence-corrected chi connectivity index (χ0v) is 7.77. The summed E-state index contributed by atoms with van der Waals surface area (Å²) in [7, 11) is -4.94. The van der Waals surface area contributed by atoms with Gasteiger partial charge in [-0.05, 0) is 0 Å². The van der Waals surface area contributed by atoms with Gasteiger partial charge in [-0.2, -0.15) is 0 Å². The summed E-state index contributed by atoms with van der Waals surface area (Å²) >= 11 is 0.661. The van der Waals surface area contributed by atoms with E-state index >= 15 is 0 Å². The predicted molar refractivity (Wildman–Crippen MR) is 27.8 cm³/mol. The molecule has 0 radical (unpaired) electrons. The summed E-state index contributed by atoms with van der Waals surface area (Å²) < 4.78 is 34.0. The summed E-state index contributed by atoms with van der Waals surface area (Å²) in [5.41, 5.74) is 0. The van der Waals surface area contributed by atoms with Crippen LogP contribution in [0.15, 0.2) is 28.1 Å². The van der Waals surface area contributed by atoms with Crippen molar-refractivity contribution in [3.63, 3.8) is 0 Å². The Morgan fingerprint density at radius 3 is 1.27 bits per heavy atom. The van der Waals surface area contributed by atoms with Gasteiger partial charge in [-0.1, -0.05) is 0 Å². The van der Waals surface area contributed by atoms with Crippen molar-refractivity contribution in [2.75, 3.05) is 0 Å². The van der Waals surface area contributed by atoms with Crippen LogP contribution < -0.4 is 18.6 Å². The molecule has 1 aromatic rings. The second-order valence-corrected chi connectivity index (χ2v) is 3.83. The van der Waals surface area contributed by atoms with Gasteiger partial charge in [0, 0.05) is 0 Å². The van der Waals surface area contributed by atoms with E-state index in [4.69, 9.17) is 18.6 Å². The van der Waals surface area contributed by atoms with Crippen molar-refractivity contribution >= 4 is 14.5 Å². The second-order valence-electron chi connectivity index (χ2n) is 1.36. The van der Waals surface area contributed by atoms with Crippen molar-refractivity contribution in [3.8, 4) is 0 Å². The molecule has 11 heavy (non-hydrogen) atoms. The molecule has 0 amide bonds. The normalized spacial score (nSPS) is 9.82. The fourth-order valence-corrected chi connectivity index (χ4v) is 1.24. The Bertz CT molecular complexity index is 143. The van der Waals surface area contributed by atoms with E-state index in [-0.39, 0.29) is 0 Å². The molecule has 0 unspecified atom stereocenters. The Kier molecular flexibility index (Phi) is 5.62. The van der Waals surface area contributed by atoms with Crippen LogP contribution in [0.5, 0.6) is 0 Å². The Morgan fingerprint density at radius 1 is 0.818 bits per heavy atom. The molecular weight excluding hydrogens is 238 g/mol. The summed E-state index contributed by atoms with van der Waals surface area (Å²) in [6.45, 7) is 0. The first-order valence-electron chi connectivity index (χ1n) is 2.42. The maximum atomic E-state index is 8.49. The molecule has 0 aliphatic rings. The summed E-state index contributed by atoms with van der Waals surface area (Å²) in [5, 5.41) is 0. The van der Waals surface area contributed by atoms with Crippen LogP contribution in [-0.2, 0) is 0 Å². The molecule has 0 N–H and O–H groups in total. The fourth-order valence-electron chi connectivity index (χ4n) is 0.291. The monoisotopic (exact) mass is 244 g/mol. The molecule has 4 nitrogen and oxygen atoms in total. The zero-order valence-electron chi connectivity index (χ0n) is 5.31. The van der Waals surface area contributed by atoms with Crippen molar-refractivity contribution in [1.82, 2.24) is 0 Å². The van der Waals surface area contributed by atoms with Crippen LogP contribution in [0.25, 0.3) is 0 Å². The van der Waals surface area contributed by atoms with E-state index in [2.05, 4.69) is 22.0 Å². The van der Waals surface area contributed by atoms with Crippen LogP contribution in [0.2, 0.25) is 0 Å². The van der Waals surface area contributed by atoms with Crippen molar-refractivity contribution < 1.29 is 28.9 Å². The molecule has 0 fully saturated rings. The molecule has 6 heteroatoms. The van der Waals surface area contributed by atoms with Crippen molar-refractivity contribution in [2.45, 2.75) is 0 Å². The van der Waals surface area contributed by atoms with E-state index in [1.807, 2.05) is 6.07 Å². The predicted octanol–water partition coefficient (Wildman–Crippen LogP) is -3.73. The van der Waals surface area contributed by atoms with E-state index < -0.39 is 10.2 Å². The van der Waals surface area contributed by atoms with Crippen LogP contribution in [0.1, 0.15) is 0 Å². The summed E-state index contributed by atoms with van der Waals surface area (Å²) in [6, 6.07) is 6.21. The molecule has 1 heterocycles.